The molecular formula is C36H58O3SSi. The van der Waals surface area contributed by atoms with E-state index in [1.165, 1.54) is 22.3 Å². The van der Waals surface area contributed by atoms with Crippen LogP contribution in [0.2, 0.25) is 25.2 Å². The smallest absolute Gasteiger partial charge is 0.184 e. The minimum absolute atomic E-state index is 0.120. The Bertz CT molecular complexity index is 1200. The van der Waals surface area contributed by atoms with E-state index >= 15 is 0 Å². The van der Waals surface area contributed by atoms with Gasteiger partial charge in [-0.2, -0.15) is 0 Å². The Morgan fingerprint density at radius 1 is 0.829 bits per heavy atom. The van der Waals surface area contributed by atoms with Crippen molar-refractivity contribution in [3.8, 4) is 0 Å². The lowest BCUT2D eigenvalue weighted by Crippen LogP contribution is -2.53. The van der Waals surface area contributed by atoms with Crippen LogP contribution in [0.1, 0.15) is 99.3 Å². The van der Waals surface area contributed by atoms with Crippen LogP contribution in [0.5, 0.6) is 0 Å². The van der Waals surface area contributed by atoms with Crippen LogP contribution in [-0.2, 0) is 9.84 Å². The molecule has 3 nitrogen and oxygen atoms in total. The minimum atomic E-state index is -3.63. The molecule has 41 heavy (non-hydrogen) atoms. The van der Waals surface area contributed by atoms with E-state index in [0.29, 0.717) is 24.2 Å². The molecule has 4 atom stereocenters. The molecule has 0 spiro atoms. The molecule has 1 aromatic rings. The summed E-state index contributed by atoms with van der Waals surface area (Å²) in [5, 5.41) is 11.2. The molecule has 2 rings (SSSR count). The molecule has 0 bridgehead atoms. The predicted octanol–water partition coefficient (Wildman–Crippen LogP) is 10.2. The summed E-state index contributed by atoms with van der Waals surface area (Å²) < 4.78 is 27.5. The minimum Gasteiger partial charge on any atom is -0.393 e. The molecule has 5 heteroatoms. The normalized spacial score (nSPS) is 24.8. The van der Waals surface area contributed by atoms with Crippen LogP contribution in [0, 0.1) is 5.92 Å². The number of allylic oxidation sites excluding steroid dienone is 8. The summed E-state index contributed by atoms with van der Waals surface area (Å²) in [5.41, 5.74) is 5.73. The Kier molecular flexibility index (Phi) is 13.6. The molecule has 1 N–H and O–H groups in total. The van der Waals surface area contributed by atoms with Gasteiger partial charge in [-0.3, -0.25) is 0 Å². The second kappa shape index (κ2) is 15.7. The molecule has 1 fully saturated rings. The van der Waals surface area contributed by atoms with Gasteiger partial charge in [0.25, 0.3) is 0 Å². The second-order valence-electron chi connectivity index (χ2n) is 14.1. The molecule has 0 heterocycles. The van der Waals surface area contributed by atoms with Crippen molar-refractivity contribution >= 4 is 17.9 Å². The lowest BCUT2D eigenvalue weighted by atomic mass is 9.77. The average molecular weight is 599 g/mol. The summed E-state index contributed by atoms with van der Waals surface area (Å²) >= 11 is 0. The van der Waals surface area contributed by atoms with E-state index in [4.69, 9.17) is 0 Å². The zero-order valence-corrected chi connectivity index (χ0v) is 29.3. The number of rotatable bonds is 14. The van der Waals surface area contributed by atoms with E-state index in [9.17, 15) is 13.5 Å². The van der Waals surface area contributed by atoms with Crippen molar-refractivity contribution in [1.29, 1.82) is 0 Å². The number of aliphatic hydroxyl groups is 1. The van der Waals surface area contributed by atoms with E-state index in [-0.39, 0.29) is 11.5 Å². The summed E-state index contributed by atoms with van der Waals surface area (Å²) in [4.78, 5) is 0.377. The lowest BCUT2D eigenvalue weighted by Gasteiger charge is -2.49. The molecule has 0 saturated heterocycles. The predicted molar refractivity (Wildman–Crippen MR) is 181 cm³/mol. The van der Waals surface area contributed by atoms with E-state index in [2.05, 4.69) is 85.5 Å². The molecular weight excluding hydrogens is 541 g/mol. The third-order valence-corrected chi connectivity index (χ3v) is 14.6. The third-order valence-electron chi connectivity index (χ3n) is 9.13. The van der Waals surface area contributed by atoms with Crippen molar-refractivity contribution < 1.29 is 13.5 Å². The lowest BCUT2D eigenvalue weighted by molar-refractivity contribution is 0.0595. The van der Waals surface area contributed by atoms with Gasteiger partial charge in [-0.05, 0) is 116 Å². The first-order chi connectivity index (χ1) is 19.1. The van der Waals surface area contributed by atoms with Gasteiger partial charge in [0.2, 0.25) is 0 Å². The fraction of sp³-hybridized carbons (Fsp3) is 0.611. The van der Waals surface area contributed by atoms with Gasteiger partial charge in [-0.25, -0.2) is 8.42 Å². The third kappa shape index (κ3) is 10.5. The zero-order chi connectivity index (χ0) is 30.8. The Hall–Kier alpha value is -1.69. The highest BCUT2D eigenvalue weighted by Crippen LogP contribution is 2.52. The highest BCUT2D eigenvalue weighted by molar-refractivity contribution is 7.92. The van der Waals surface area contributed by atoms with E-state index in [1.54, 1.807) is 24.3 Å². The highest BCUT2D eigenvalue weighted by atomic mass is 32.2. The zero-order valence-electron chi connectivity index (χ0n) is 27.5. The van der Waals surface area contributed by atoms with Crippen LogP contribution < -0.4 is 0 Å². The summed E-state index contributed by atoms with van der Waals surface area (Å²) in [6.07, 6.45) is 16.3. The molecule has 1 aromatic carbocycles. The standard InChI is InChI=1S/C36H58O3SSi/c1-28(2)16-13-17-29(3)18-14-19-30(4)20-15-21-31(5)24-25-36(40(38,39)33-22-11-10-12-23-33)26-34(37)32(6)35(27-36)41(7,8)9/h10-12,16,18,20,22-24,32,34-35,37H,13-15,17,19,21,25-27H2,1-9H3/b29-18+,30-20+,31-24+/t32-,34?,35-,36?/m1/s1. The van der Waals surface area contributed by atoms with Gasteiger partial charge in [-0.1, -0.05) is 91.4 Å². The number of aliphatic hydroxyl groups excluding tert-OH is 1. The van der Waals surface area contributed by atoms with Crippen LogP contribution in [0.3, 0.4) is 0 Å². The van der Waals surface area contributed by atoms with E-state index in [0.717, 1.165) is 38.5 Å². The van der Waals surface area contributed by atoms with Gasteiger partial charge >= 0.3 is 0 Å². The Morgan fingerprint density at radius 3 is 1.80 bits per heavy atom. The Morgan fingerprint density at radius 2 is 1.32 bits per heavy atom. The van der Waals surface area contributed by atoms with Gasteiger partial charge in [-0.15, -0.1) is 0 Å². The van der Waals surface area contributed by atoms with Crippen LogP contribution >= 0.6 is 0 Å². The summed E-state index contributed by atoms with van der Waals surface area (Å²) in [6.45, 7) is 19.9. The van der Waals surface area contributed by atoms with Crippen molar-refractivity contribution in [2.24, 2.45) is 5.92 Å². The number of benzene rings is 1. The molecule has 0 amide bonds. The highest BCUT2D eigenvalue weighted by Gasteiger charge is 2.54. The SMILES string of the molecule is CC(C)=CCC/C(C)=C/CC/C(C)=C/CC/C(C)=C/CC1(S(=O)(=O)c2ccccc2)CC(O)[C@@H](C)[C@H]([Si](C)(C)C)C1. The van der Waals surface area contributed by atoms with E-state index in [1.807, 2.05) is 6.07 Å². The monoisotopic (exact) mass is 598 g/mol. The van der Waals surface area contributed by atoms with Gasteiger partial charge < -0.3 is 5.11 Å². The van der Waals surface area contributed by atoms with Crippen LogP contribution in [0.25, 0.3) is 0 Å². The maximum absolute atomic E-state index is 14.2. The maximum atomic E-state index is 14.2. The van der Waals surface area contributed by atoms with Crippen LogP contribution in [0.4, 0.5) is 0 Å². The number of hydrogen-bond donors (Lipinski definition) is 1. The van der Waals surface area contributed by atoms with Gasteiger partial charge in [0.15, 0.2) is 9.84 Å². The van der Waals surface area contributed by atoms with Crippen molar-refractivity contribution in [2.45, 2.75) is 140 Å². The first-order valence-corrected chi connectivity index (χ1v) is 20.7. The van der Waals surface area contributed by atoms with Gasteiger partial charge in [0.05, 0.1) is 15.7 Å². The summed E-state index contributed by atoms with van der Waals surface area (Å²) in [6, 6.07) is 8.90. The largest absolute Gasteiger partial charge is 0.393 e. The topological polar surface area (TPSA) is 54.4 Å². The molecule has 1 saturated carbocycles. The summed E-state index contributed by atoms with van der Waals surface area (Å²) in [5.74, 6) is 0.120. The van der Waals surface area contributed by atoms with Crippen molar-refractivity contribution in [2.75, 3.05) is 0 Å². The maximum Gasteiger partial charge on any atom is 0.184 e. The molecule has 230 valence electrons. The van der Waals surface area contributed by atoms with Gasteiger partial charge in [0.1, 0.15) is 0 Å². The number of sulfone groups is 1. The quantitative estimate of drug-likeness (QED) is 0.171. The van der Waals surface area contributed by atoms with Gasteiger partial charge in [0, 0.05) is 8.07 Å². The fourth-order valence-electron chi connectivity index (χ4n) is 6.29. The Labute approximate surface area is 253 Å². The Balaban J connectivity index is 2.14. The molecule has 0 radical (unpaired) electrons. The second-order valence-corrected chi connectivity index (χ2v) is 21.9. The van der Waals surface area contributed by atoms with Crippen molar-refractivity contribution in [1.82, 2.24) is 0 Å². The van der Waals surface area contributed by atoms with Crippen LogP contribution in [0.15, 0.2) is 81.8 Å². The van der Waals surface area contributed by atoms with Crippen molar-refractivity contribution in [3.63, 3.8) is 0 Å². The molecule has 2 unspecified atom stereocenters. The number of hydrogen-bond acceptors (Lipinski definition) is 3. The fourth-order valence-corrected chi connectivity index (χ4v) is 11.4. The van der Waals surface area contributed by atoms with Crippen molar-refractivity contribution in [3.05, 3.63) is 76.9 Å². The van der Waals surface area contributed by atoms with Crippen LogP contribution in [-0.4, -0.2) is 32.4 Å². The first-order valence-electron chi connectivity index (χ1n) is 15.7. The molecule has 0 aromatic heterocycles. The first kappa shape index (κ1) is 35.5. The summed E-state index contributed by atoms with van der Waals surface area (Å²) in [7, 11) is -5.34. The average Bonchev–Trinajstić information content (AvgIpc) is 2.88. The molecule has 1 aliphatic carbocycles. The molecule has 0 aliphatic heterocycles. The van der Waals surface area contributed by atoms with E-state index < -0.39 is 28.8 Å². The molecule has 1 aliphatic rings.